The van der Waals surface area contributed by atoms with Gasteiger partial charge in [-0.05, 0) is 24.6 Å². The molecule has 0 bridgehead atoms. The lowest BCUT2D eigenvalue weighted by atomic mass is 10.1. The van der Waals surface area contributed by atoms with Crippen LogP contribution in [0, 0.1) is 6.92 Å². The van der Waals surface area contributed by atoms with Gasteiger partial charge in [0.05, 0.1) is 7.11 Å². The highest BCUT2D eigenvalue weighted by atomic mass is 16.5. The molecule has 0 amide bonds. The monoisotopic (exact) mass is 314 g/mol. The van der Waals surface area contributed by atoms with Gasteiger partial charge in [-0.25, -0.2) is 9.97 Å². The van der Waals surface area contributed by atoms with Crippen LogP contribution < -0.4 is 9.64 Å². The van der Waals surface area contributed by atoms with Gasteiger partial charge in [0.1, 0.15) is 0 Å². The molecular weight excluding hydrogens is 292 g/mol. The number of hydrogen-bond donors (Lipinski definition) is 1. The molecule has 3 rings (SSSR count). The molecule has 1 aliphatic rings. The highest BCUT2D eigenvalue weighted by Gasteiger charge is 2.20. The van der Waals surface area contributed by atoms with Crippen molar-refractivity contribution in [2.45, 2.75) is 13.5 Å². The minimum atomic E-state index is 0.243. The second-order valence-corrected chi connectivity index (χ2v) is 5.79. The van der Waals surface area contributed by atoms with E-state index in [9.17, 15) is 5.11 Å². The van der Waals surface area contributed by atoms with Crippen LogP contribution >= 0.6 is 0 Å². The number of phenolic OH excluding ortho intramolecular Hbond substituents is 1. The van der Waals surface area contributed by atoms with Crippen LogP contribution in [0.25, 0.3) is 0 Å². The molecule has 1 aliphatic heterocycles. The van der Waals surface area contributed by atoms with Crippen molar-refractivity contribution in [2.75, 3.05) is 38.2 Å². The summed E-state index contributed by atoms with van der Waals surface area (Å²) in [6.45, 7) is 6.31. The summed E-state index contributed by atoms with van der Waals surface area (Å²) in [5, 5.41) is 10.3. The van der Waals surface area contributed by atoms with E-state index in [-0.39, 0.29) is 5.75 Å². The largest absolute Gasteiger partial charge is 0.504 e. The molecule has 0 radical (unpaired) electrons. The second-order valence-electron chi connectivity index (χ2n) is 5.79. The first-order chi connectivity index (χ1) is 11.2. The SMILES string of the molecule is COc1cc(C)cc(CN2CCN(c3ncccn3)CC2)c1O. The Hall–Kier alpha value is -2.34. The van der Waals surface area contributed by atoms with Crippen molar-refractivity contribution < 1.29 is 9.84 Å². The van der Waals surface area contributed by atoms with Crippen molar-refractivity contribution >= 4 is 5.95 Å². The van der Waals surface area contributed by atoms with Gasteiger partial charge in [0.15, 0.2) is 11.5 Å². The Morgan fingerprint density at radius 1 is 1.13 bits per heavy atom. The lowest BCUT2D eigenvalue weighted by molar-refractivity contribution is 0.244. The molecule has 1 aromatic carbocycles. The van der Waals surface area contributed by atoms with Gasteiger partial charge < -0.3 is 14.7 Å². The Labute approximate surface area is 136 Å². The van der Waals surface area contributed by atoms with Gasteiger partial charge in [-0.15, -0.1) is 0 Å². The fraction of sp³-hybridized carbons (Fsp3) is 0.412. The number of phenols is 1. The summed E-state index contributed by atoms with van der Waals surface area (Å²) < 4.78 is 5.24. The smallest absolute Gasteiger partial charge is 0.225 e. The zero-order chi connectivity index (χ0) is 16.2. The van der Waals surface area contributed by atoms with E-state index in [2.05, 4.69) is 19.8 Å². The summed E-state index contributed by atoms with van der Waals surface area (Å²) in [6, 6.07) is 5.70. The Morgan fingerprint density at radius 2 is 1.83 bits per heavy atom. The van der Waals surface area contributed by atoms with Crippen LogP contribution in [0.15, 0.2) is 30.6 Å². The molecule has 1 N–H and O–H groups in total. The number of aryl methyl sites for hydroxylation is 1. The summed E-state index contributed by atoms with van der Waals surface area (Å²) in [6.07, 6.45) is 3.54. The highest BCUT2D eigenvalue weighted by Crippen LogP contribution is 2.32. The van der Waals surface area contributed by atoms with Gasteiger partial charge in [0.25, 0.3) is 0 Å². The first-order valence-electron chi connectivity index (χ1n) is 7.78. The van der Waals surface area contributed by atoms with E-state index in [1.807, 2.05) is 25.1 Å². The Balaban J connectivity index is 1.64. The van der Waals surface area contributed by atoms with Gasteiger partial charge in [-0.1, -0.05) is 6.07 Å². The molecule has 23 heavy (non-hydrogen) atoms. The number of nitrogens with zero attached hydrogens (tertiary/aromatic N) is 4. The third-order valence-electron chi connectivity index (χ3n) is 4.12. The van der Waals surface area contributed by atoms with Crippen molar-refractivity contribution in [3.63, 3.8) is 0 Å². The van der Waals surface area contributed by atoms with E-state index in [0.29, 0.717) is 12.3 Å². The molecule has 0 unspecified atom stereocenters. The Kier molecular flexibility index (Phi) is 4.62. The van der Waals surface area contributed by atoms with E-state index in [1.54, 1.807) is 19.5 Å². The molecule has 0 atom stereocenters. The number of piperazine rings is 1. The normalized spacial score (nSPS) is 15.7. The maximum Gasteiger partial charge on any atom is 0.225 e. The van der Waals surface area contributed by atoms with Crippen LogP contribution in [0.3, 0.4) is 0 Å². The van der Waals surface area contributed by atoms with Gasteiger partial charge in [-0.2, -0.15) is 0 Å². The number of hydrogen-bond acceptors (Lipinski definition) is 6. The fourth-order valence-corrected chi connectivity index (χ4v) is 2.90. The van der Waals surface area contributed by atoms with Crippen LogP contribution in [-0.2, 0) is 6.54 Å². The second kappa shape index (κ2) is 6.83. The molecule has 0 saturated carbocycles. The predicted octanol–water partition coefficient (Wildman–Crippen LogP) is 1.82. The number of aromatic hydroxyl groups is 1. The molecule has 2 heterocycles. The standard InChI is InChI=1S/C17H22N4O2/c1-13-10-14(16(22)15(11-13)23-2)12-20-6-8-21(9-7-20)17-18-4-3-5-19-17/h3-5,10-11,22H,6-9,12H2,1-2H3. The highest BCUT2D eigenvalue weighted by molar-refractivity contribution is 5.48. The third-order valence-corrected chi connectivity index (χ3v) is 4.12. The summed E-state index contributed by atoms with van der Waals surface area (Å²) in [5.41, 5.74) is 2.00. The van der Waals surface area contributed by atoms with Crippen LogP contribution in [0.5, 0.6) is 11.5 Å². The van der Waals surface area contributed by atoms with Crippen molar-refractivity contribution in [1.29, 1.82) is 0 Å². The zero-order valence-corrected chi connectivity index (χ0v) is 13.6. The Bertz CT molecular complexity index is 655. The van der Waals surface area contributed by atoms with Crippen LogP contribution in [-0.4, -0.2) is 53.3 Å². The molecule has 1 saturated heterocycles. The van der Waals surface area contributed by atoms with Gasteiger partial charge in [0.2, 0.25) is 5.95 Å². The van der Waals surface area contributed by atoms with E-state index < -0.39 is 0 Å². The van der Waals surface area contributed by atoms with Gasteiger partial charge in [0, 0.05) is 50.7 Å². The quantitative estimate of drug-likeness (QED) is 0.929. The number of benzene rings is 1. The summed E-state index contributed by atoms with van der Waals surface area (Å²) in [7, 11) is 1.58. The summed E-state index contributed by atoms with van der Waals surface area (Å²) >= 11 is 0. The Morgan fingerprint density at radius 3 is 2.48 bits per heavy atom. The first-order valence-corrected chi connectivity index (χ1v) is 7.78. The van der Waals surface area contributed by atoms with E-state index in [0.717, 1.165) is 43.3 Å². The number of aromatic nitrogens is 2. The number of anilines is 1. The molecule has 6 heteroatoms. The molecule has 2 aromatic rings. The molecule has 0 spiro atoms. The molecule has 0 aliphatic carbocycles. The topological polar surface area (TPSA) is 61.7 Å². The van der Waals surface area contributed by atoms with E-state index in [1.165, 1.54) is 0 Å². The fourth-order valence-electron chi connectivity index (χ4n) is 2.90. The molecule has 1 fully saturated rings. The van der Waals surface area contributed by atoms with E-state index >= 15 is 0 Å². The van der Waals surface area contributed by atoms with Crippen LogP contribution in [0.4, 0.5) is 5.95 Å². The maximum absolute atomic E-state index is 10.3. The first kappa shape index (κ1) is 15.6. The van der Waals surface area contributed by atoms with Crippen molar-refractivity contribution in [3.8, 4) is 11.5 Å². The van der Waals surface area contributed by atoms with Crippen LogP contribution in [0.1, 0.15) is 11.1 Å². The zero-order valence-electron chi connectivity index (χ0n) is 13.6. The summed E-state index contributed by atoms with van der Waals surface area (Å²) in [5.74, 6) is 1.57. The average molecular weight is 314 g/mol. The van der Waals surface area contributed by atoms with Crippen molar-refractivity contribution in [2.24, 2.45) is 0 Å². The predicted molar refractivity (Wildman–Crippen MR) is 88.9 cm³/mol. The minimum absolute atomic E-state index is 0.243. The summed E-state index contributed by atoms with van der Waals surface area (Å²) in [4.78, 5) is 13.1. The molecule has 122 valence electrons. The molecule has 1 aromatic heterocycles. The number of ether oxygens (including phenoxy) is 1. The number of methoxy groups -OCH3 is 1. The lowest BCUT2D eigenvalue weighted by Gasteiger charge is -2.34. The van der Waals surface area contributed by atoms with E-state index in [4.69, 9.17) is 4.74 Å². The minimum Gasteiger partial charge on any atom is -0.504 e. The molecule has 6 nitrogen and oxygen atoms in total. The van der Waals surface area contributed by atoms with Crippen LogP contribution in [0.2, 0.25) is 0 Å². The van der Waals surface area contributed by atoms with Gasteiger partial charge in [-0.3, -0.25) is 4.90 Å². The average Bonchev–Trinajstić information content (AvgIpc) is 2.59. The molecular formula is C17H22N4O2. The maximum atomic E-state index is 10.3. The third kappa shape index (κ3) is 3.53. The lowest BCUT2D eigenvalue weighted by Crippen LogP contribution is -2.46. The number of rotatable bonds is 4. The van der Waals surface area contributed by atoms with Gasteiger partial charge >= 0.3 is 0 Å². The van der Waals surface area contributed by atoms with Crippen molar-refractivity contribution in [3.05, 3.63) is 41.7 Å². The van der Waals surface area contributed by atoms with Crippen molar-refractivity contribution in [1.82, 2.24) is 14.9 Å².